The van der Waals surface area contributed by atoms with Crippen molar-refractivity contribution in [3.8, 4) is 0 Å². The van der Waals surface area contributed by atoms with Crippen molar-refractivity contribution in [2.45, 2.75) is 12.8 Å². The maximum absolute atomic E-state index is 12.0. The summed E-state index contributed by atoms with van der Waals surface area (Å²) in [5.74, 6) is 0.0513. The van der Waals surface area contributed by atoms with E-state index < -0.39 is 0 Å². The molecule has 4 heteroatoms. The predicted molar refractivity (Wildman–Crippen MR) is 80.0 cm³/mol. The first kappa shape index (κ1) is 13.9. The molecule has 0 aliphatic carbocycles. The van der Waals surface area contributed by atoms with E-state index in [2.05, 4.69) is 0 Å². The summed E-state index contributed by atoms with van der Waals surface area (Å²) in [6, 6.07) is 12.5. The molecule has 0 unspecified atom stereocenters. The molecule has 0 bridgehead atoms. The summed E-state index contributed by atoms with van der Waals surface area (Å²) in [5, 5.41) is 0.858. The number of nitrogen functional groups attached to an aromatic ring is 1. The Balaban J connectivity index is 2.01. The largest absolute Gasteiger partial charge is 0.399 e. The maximum Gasteiger partial charge on any atom is 0.163 e. The van der Waals surface area contributed by atoms with E-state index in [1.807, 2.05) is 24.3 Å². The molecule has 0 fully saturated rings. The van der Waals surface area contributed by atoms with Crippen molar-refractivity contribution in [2.75, 3.05) is 5.73 Å². The Hall–Kier alpha value is -1.51. The Morgan fingerprint density at radius 2 is 1.68 bits per heavy atom. The molecular formula is C15H13Cl2NO. The van der Waals surface area contributed by atoms with Gasteiger partial charge in [-0.15, -0.1) is 0 Å². The fourth-order valence-corrected chi connectivity index (χ4v) is 2.05. The second kappa shape index (κ2) is 6.09. The van der Waals surface area contributed by atoms with Crippen LogP contribution < -0.4 is 5.73 Å². The van der Waals surface area contributed by atoms with Crippen LogP contribution in [0.1, 0.15) is 22.3 Å². The van der Waals surface area contributed by atoms with Gasteiger partial charge in [-0.05, 0) is 42.3 Å². The number of nitrogens with two attached hydrogens (primary N) is 1. The van der Waals surface area contributed by atoms with E-state index >= 15 is 0 Å². The van der Waals surface area contributed by atoms with Crippen LogP contribution in [0.2, 0.25) is 10.0 Å². The smallest absolute Gasteiger partial charge is 0.163 e. The second-order valence-electron chi connectivity index (χ2n) is 4.29. The molecule has 2 N–H and O–H groups in total. The fraction of sp³-hybridized carbons (Fsp3) is 0.133. The molecule has 98 valence electrons. The normalized spacial score (nSPS) is 10.4. The molecule has 19 heavy (non-hydrogen) atoms. The van der Waals surface area contributed by atoms with Gasteiger partial charge >= 0.3 is 0 Å². The van der Waals surface area contributed by atoms with Crippen molar-refractivity contribution in [2.24, 2.45) is 0 Å². The summed E-state index contributed by atoms with van der Waals surface area (Å²) >= 11 is 11.7. The number of ketones is 1. The number of benzene rings is 2. The highest BCUT2D eigenvalue weighted by molar-refractivity contribution is 6.42. The van der Waals surface area contributed by atoms with Crippen LogP contribution in [-0.4, -0.2) is 5.78 Å². The Kier molecular flexibility index (Phi) is 4.46. The van der Waals surface area contributed by atoms with Crippen LogP contribution in [0.3, 0.4) is 0 Å². The highest BCUT2D eigenvalue weighted by atomic mass is 35.5. The molecule has 2 aromatic carbocycles. The Bertz CT molecular complexity index is 594. The van der Waals surface area contributed by atoms with Gasteiger partial charge in [-0.25, -0.2) is 0 Å². The van der Waals surface area contributed by atoms with Gasteiger partial charge in [0.2, 0.25) is 0 Å². The van der Waals surface area contributed by atoms with Gasteiger partial charge < -0.3 is 5.73 Å². The molecule has 0 saturated carbocycles. The lowest BCUT2D eigenvalue weighted by atomic mass is 10.0. The van der Waals surface area contributed by atoms with Crippen LogP contribution in [0.15, 0.2) is 42.5 Å². The van der Waals surface area contributed by atoms with E-state index in [0.29, 0.717) is 28.5 Å². The third-order valence-corrected chi connectivity index (χ3v) is 3.60. The molecule has 0 saturated heterocycles. The lowest BCUT2D eigenvalue weighted by Crippen LogP contribution is -2.01. The molecular weight excluding hydrogens is 281 g/mol. The molecule has 0 aliphatic heterocycles. The Morgan fingerprint density at radius 3 is 2.32 bits per heavy atom. The topological polar surface area (TPSA) is 43.1 Å². The maximum atomic E-state index is 12.0. The molecule has 2 aromatic rings. The Labute approximate surface area is 122 Å². The molecule has 0 heterocycles. The van der Waals surface area contributed by atoms with E-state index in [-0.39, 0.29) is 5.78 Å². The number of anilines is 1. The molecule has 0 aromatic heterocycles. The first-order valence-corrected chi connectivity index (χ1v) is 6.64. The average molecular weight is 294 g/mol. The zero-order valence-corrected chi connectivity index (χ0v) is 11.7. The minimum atomic E-state index is 0.0513. The van der Waals surface area contributed by atoms with Crippen molar-refractivity contribution in [3.63, 3.8) is 0 Å². The van der Waals surface area contributed by atoms with E-state index in [1.54, 1.807) is 18.2 Å². The second-order valence-corrected chi connectivity index (χ2v) is 5.11. The van der Waals surface area contributed by atoms with Crippen LogP contribution in [0.5, 0.6) is 0 Å². The molecule has 0 atom stereocenters. The molecule has 0 radical (unpaired) electrons. The number of carbonyl (C=O) groups is 1. The minimum absolute atomic E-state index is 0.0513. The quantitative estimate of drug-likeness (QED) is 0.671. The number of aryl methyl sites for hydroxylation is 1. The monoisotopic (exact) mass is 293 g/mol. The molecule has 0 aliphatic rings. The van der Waals surface area contributed by atoms with E-state index in [4.69, 9.17) is 28.9 Å². The number of rotatable bonds is 4. The third-order valence-electron chi connectivity index (χ3n) is 2.86. The van der Waals surface area contributed by atoms with Gasteiger partial charge in [-0.3, -0.25) is 4.79 Å². The zero-order valence-electron chi connectivity index (χ0n) is 10.2. The number of halogens is 2. The fourth-order valence-electron chi connectivity index (χ4n) is 1.76. The highest BCUT2D eigenvalue weighted by Crippen LogP contribution is 2.23. The summed E-state index contributed by atoms with van der Waals surface area (Å²) in [7, 11) is 0. The van der Waals surface area contributed by atoms with E-state index in [1.165, 1.54) is 0 Å². The van der Waals surface area contributed by atoms with Gasteiger partial charge in [0.05, 0.1) is 10.0 Å². The van der Waals surface area contributed by atoms with Crippen molar-refractivity contribution in [1.82, 2.24) is 0 Å². The lowest BCUT2D eigenvalue weighted by Gasteiger charge is -2.04. The van der Waals surface area contributed by atoms with Crippen LogP contribution in [0.4, 0.5) is 5.69 Å². The van der Waals surface area contributed by atoms with E-state index in [0.717, 1.165) is 11.3 Å². The van der Waals surface area contributed by atoms with Crippen molar-refractivity contribution in [3.05, 3.63) is 63.6 Å². The molecule has 0 spiro atoms. The van der Waals surface area contributed by atoms with Crippen molar-refractivity contribution >= 4 is 34.7 Å². The van der Waals surface area contributed by atoms with Crippen LogP contribution in [0, 0.1) is 0 Å². The summed E-state index contributed by atoms with van der Waals surface area (Å²) in [6.45, 7) is 0. The van der Waals surface area contributed by atoms with Crippen LogP contribution in [0.25, 0.3) is 0 Å². The standard InChI is InChI=1S/C15H13Cl2NO/c16-13-7-4-11(9-14(13)17)15(19)8-3-10-1-5-12(18)6-2-10/h1-2,4-7,9H,3,8,18H2. The predicted octanol–water partition coefficient (Wildman–Crippen LogP) is 4.39. The molecule has 2 nitrogen and oxygen atoms in total. The summed E-state index contributed by atoms with van der Waals surface area (Å²) in [6.07, 6.45) is 1.11. The van der Waals surface area contributed by atoms with Crippen molar-refractivity contribution in [1.29, 1.82) is 0 Å². The summed E-state index contributed by atoms with van der Waals surface area (Å²) in [5.41, 5.74) is 8.01. The average Bonchev–Trinajstić information content (AvgIpc) is 2.41. The summed E-state index contributed by atoms with van der Waals surface area (Å²) < 4.78 is 0. The van der Waals surface area contributed by atoms with Gasteiger partial charge in [0, 0.05) is 17.7 Å². The van der Waals surface area contributed by atoms with Crippen LogP contribution in [-0.2, 0) is 6.42 Å². The van der Waals surface area contributed by atoms with Gasteiger partial charge in [-0.1, -0.05) is 35.3 Å². The number of hydrogen-bond acceptors (Lipinski definition) is 2. The molecule has 0 amide bonds. The highest BCUT2D eigenvalue weighted by Gasteiger charge is 2.08. The Morgan fingerprint density at radius 1 is 1.00 bits per heavy atom. The zero-order chi connectivity index (χ0) is 13.8. The number of carbonyl (C=O) groups excluding carboxylic acids is 1. The van der Waals surface area contributed by atoms with Gasteiger partial charge in [-0.2, -0.15) is 0 Å². The van der Waals surface area contributed by atoms with Crippen LogP contribution >= 0.6 is 23.2 Å². The number of hydrogen-bond donors (Lipinski definition) is 1. The molecule has 2 rings (SSSR count). The SMILES string of the molecule is Nc1ccc(CCC(=O)c2ccc(Cl)c(Cl)c2)cc1. The van der Waals surface area contributed by atoms with Gasteiger partial charge in [0.1, 0.15) is 0 Å². The first-order chi connectivity index (χ1) is 9.06. The summed E-state index contributed by atoms with van der Waals surface area (Å²) in [4.78, 5) is 12.0. The lowest BCUT2D eigenvalue weighted by molar-refractivity contribution is 0.0983. The minimum Gasteiger partial charge on any atom is -0.399 e. The third kappa shape index (κ3) is 3.72. The van der Waals surface area contributed by atoms with Gasteiger partial charge in [0.25, 0.3) is 0 Å². The first-order valence-electron chi connectivity index (χ1n) is 5.89. The number of Topliss-reactive ketones (excluding diaryl/α,β-unsaturated/α-hetero) is 1. The van der Waals surface area contributed by atoms with Gasteiger partial charge in [0.15, 0.2) is 5.78 Å². The van der Waals surface area contributed by atoms with E-state index in [9.17, 15) is 4.79 Å². The van der Waals surface area contributed by atoms with Crippen molar-refractivity contribution < 1.29 is 4.79 Å².